The summed E-state index contributed by atoms with van der Waals surface area (Å²) in [4.78, 5) is 2.42. The van der Waals surface area contributed by atoms with Crippen molar-refractivity contribution < 1.29 is 4.74 Å². The molecule has 1 aromatic heterocycles. The minimum absolute atomic E-state index is 0.812. The van der Waals surface area contributed by atoms with Crippen molar-refractivity contribution in [3.63, 3.8) is 0 Å². The Hall–Kier alpha value is -1.07. The number of rotatable bonds is 4. The van der Waals surface area contributed by atoms with E-state index in [2.05, 4.69) is 10.00 Å². The maximum absolute atomic E-state index is 5.99. The fourth-order valence-corrected chi connectivity index (χ4v) is 2.20. The van der Waals surface area contributed by atoms with E-state index >= 15 is 0 Å². The predicted octanol–water partition coefficient (Wildman–Crippen LogP) is 0.397. The number of nitrogen functional groups attached to an aromatic ring is 1. The Morgan fingerprint density at radius 3 is 3.06 bits per heavy atom. The highest BCUT2D eigenvalue weighted by Gasteiger charge is 2.21. The van der Waals surface area contributed by atoms with Gasteiger partial charge in [0.1, 0.15) is 5.82 Å². The second-order valence-electron chi connectivity index (χ2n) is 4.31. The van der Waals surface area contributed by atoms with Crippen LogP contribution in [0.15, 0.2) is 0 Å². The van der Waals surface area contributed by atoms with E-state index < -0.39 is 0 Å². The highest BCUT2D eigenvalue weighted by molar-refractivity contribution is 5.44. The fourth-order valence-electron chi connectivity index (χ4n) is 2.20. The molecular formula is C11H20N4O. The third-order valence-corrected chi connectivity index (χ3v) is 3.15. The summed E-state index contributed by atoms with van der Waals surface area (Å²) in [7, 11) is 3.65. The SMILES string of the molecule is COCCCN1CCc2nn(C)c(N)c2C1. The molecule has 0 saturated carbocycles. The van der Waals surface area contributed by atoms with Crippen molar-refractivity contribution in [2.45, 2.75) is 19.4 Å². The molecule has 0 spiro atoms. The minimum Gasteiger partial charge on any atom is -0.385 e. The van der Waals surface area contributed by atoms with Crippen LogP contribution < -0.4 is 5.73 Å². The van der Waals surface area contributed by atoms with Gasteiger partial charge < -0.3 is 10.5 Å². The summed E-state index contributed by atoms with van der Waals surface area (Å²) < 4.78 is 6.84. The molecule has 1 aliphatic rings. The van der Waals surface area contributed by atoms with Gasteiger partial charge in [0, 0.05) is 52.4 Å². The second kappa shape index (κ2) is 4.84. The maximum Gasteiger partial charge on any atom is 0.126 e. The summed E-state index contributed by atoms with van der Waals surface area (Å²) >= 11 is 0. The average molecular weight is 224 g/mol. The second-order valence-corrected chi connectivity index (χ2v) is 4.31. The third-order valence-electron chi connectivity index (χ3n) is 3.15. The van der Waals surface area contributed by atoms with Gasteiger partial charge in [0.05, 0.1) is 5.69 Å². The summed E-state index contributed by atoms with van der Waals surface area (Å²) in [5.74, 6) is 0.812. The summed E-state index contributed by atoms with van der Waals surface area (Å²) in [6.07, 6.45) is 2.08. The zero-order chi connectivity index (χ0) is 11.5. The van der Waals surface area contributed by atoms with Crippen molar-refractivity contribution in [2.24, 2.45) is 7.05 Å². The monoisotopic (exact) mass is 224 g/mol. The molecule has 0 aromatic carbocycles. The zero-order valence-corrected chi connectivity index (χ0v) is 10.1. The summed E-state index contributed by atoms with van der Waals surface area (Å²) in [5.41, 5.74) is 8.37. The van der Waals surface area contributed by atoms with E-state index in [0.29, 0.717) is 0 Å². The molecular weight excluding hydrogens is 204 g/mol. The lowest BCUT2D eigenvalue weighted by Crippen LogP contribution is -2.31. The lowest BCUT2D eigenvalue weighted by atomic mass is 10.1. The van der Waals surface area contributed by atoms with Crippen LogP contribution in [0, 0.1) is 0 Å². The van der Waals surface area contributed by atoms with Crippen molar-refractivity contribution in [1.82, 2.24) is 14.7 Å². The topological polar surface area (TPSA) is 56.3 Å². The van der Waals surface area contributed by atoms with Crippen LogP contribution in [-0.2, 0) is 24.8 Å². The predicted molar refractivity (Wildman–Crippen MR) is 63.1 cm³/mol. The summed E-state index contributed by atoms with van der Waals surface area (Å²) in [5, 5.41) is 4.42. The standard InChI is InChI=1S/C11H20N4O/c1-14-11(12)9-8-15(5-3-7-16-2)6-4-10(9)13-14/h3-8,12H2,1-2H3. The molecule has 0 aliphatic carbocycles. The van der Waals surface area contributed by atoms with Gasteiger partial charge in [0.15, 0.2) is 0 Å². The molecule has 5 heteroatoms. The molecule has 0 atom stereocenters. The van der Waals surface area contributed by atoms with E-state index in [1.54, 1.807) is 11.8 Å². The first kappa shape index (κ1) is 11.4. The lowest BCUT2D eigenvalue weighted by molar-refractivity contribution is 0.167. The van der Waals surface area contributed by atoms with Gasteiger partial charge in [-0.25, -0.2) is 0 Å². The van der Waals surface area contributed by atoms with Gasteiger partial charge in [-0.05, 0) is 6.42 Å². The molecule has 0 fully saturated rings. The van der Waals surface area contributed by atoms with Gasteiger partial charge in [-0.1, -0.05) is 0 Å². The van der Waals surface area contributed by atoms with E-state index in [1.807, 2.05) is 7.05 Å². The molecule has 2 N–H and O–H groups in total. The molecule has 90 valence electrons. The molecule has 16 heavy (non-hydrogen) atoms. The van der Waals surface area contributed by atoms with Gasteiger partial charge in [-0.2, -0.15) is 5.10 Å². The third kappa shape index (κ3) is 2.20. The number of methoxy groups -OCH3 is 1. The van der Waals surface area contributed by atoms with Gasteiger partial charge >= 0.3 is 0 Å². The van der Waals surface area contributed by atoms with Gasteiger partial charge in [-0.3, -0.25) is 9.58 Å². The van der Waals surface area contributed by atoms with E-state index in [-0.39, 0.29) is 0 Å². The van der Waals surface area contributed by atoms with Crippen molar-refractivity contribution in [1.29, 1.82) is 0 Å². The zero-order valence-electron chi connectivity index (χ0n) is 10.1. The number of nitrogens with two attached hydrogens (primary N) is 1. The van der Waals surface area contributed by atoms with Crippen LogP contribution in [0.4, 0.5) is 5.82 Å². The normalized spacial score (nSPS) is 16.4. The van der Waals surface area contributed by atoms with E-state index in [0.717, 1.165) is 44.9 Å². The summed E-state index contributed by atoms with van der Waals surface area (Å²) in [6.45, 7) is 3.90. The fraction of sp³-hybridized carbons (Fsp3) is 0.727. The number of anilines is 1. The Labute approximate surface area is 96.2 Å². The number of aromatic nitrogens is 2. The Bertz CT molecular complexity index is 361. The highest BCUT2D eigenvalue weighted by atomic mass is 16.5. The molecule has 2 heterocycles. The van der Waals surface area contributed by atoms with Crippen LogP contribution in [-0.4, -0.2) is 41.5 Å². The molecule has 0 radical (unpaired) electrons. The van der Waals surface area contributed by atoms with Crippen LogP contribution in [0.25, 0.3) is 0 Å². The molecule has 1 aromatic rings. The van der Waals surface area contributed by atoms with Gasteiger partial charge in [0.25, 0.3) is 0 Å². The average Bonchev–Trinajstić information content (AvgIpc) is 2.56. The van der Waals surface area contributed by atoms with Crippen molar-refractivity contribution >= 4 is 5.82 Å². The Kier molecular flexibility index (Phi) is 3.46. The first-order chi connectivity index (χ1) is 7.72. The molecule has 0 amide bonds. The van der Waals surface area contributed by atoms with Crippen LogP contribution >= 0.6 is 0 Å². The number of ether oxygens (including phenoxy) is 1. The van der Waals surface area contributed by atoms with Crippen molar-refractivity contribution in [3.8, 4) is 0 Å². The number of aryl methyl sites for hydroxylation is 1. The summed E-state index contributed by atoms with van der Waals surface area (Å²) in [6, 6.07) is 0. The quantitative estimate of drug-likeness (QED) is 0.752. The molecule has 1 aliphatic heterocycles. The van der Waals surface area contributed by atoms with Gasteiger partial charge in [-0.15, -0.1) is 0 Å². The van der Waals surface area contributed by atoms with Crippen molar-refractivity contribution in [2.75, 3.05) is 32.5 Å². The van der Waals surface area contributed by atoms with E-state index in [4.69, 9.17) is 10.5 Å². The number of hydrogen-bond acceptors (Lipinski definition) is 4. The van der Waals surface area contributed by atoms with Crippen LogP contribution in [0.5, 0.6) is 0 Å². The number of nitrogens with zero attached hydrogens (tertiary/aromatic N) is 3. The lowest BCUT2D eigenvalue weighted by Gasteiger charge is -2.26. The van der Waals surface area contributed by atoms with Gasteiger partial charge in [0.2, 0.25) is 0 Å². The van der Waals surface area contributed by atoms with E-state index in [1.165, 1.54) is 11.3 Å². The maximum atomic E-state index is 5.99. The molecule has 0 saturated heterocycles. The molecule has 0 bridgehead atoms. The number of hydrogen-bond donors (Lipinski definition) is 1. The molecule has 0 unspecified atom stereocenters. The number of fused-ring (bicyclic) bond motifs is 1. The largest absolute Gasteiger partial charge is 0.385 e. The van der Waals surface area contributed by atoms with E-state index in [9.17, 15) is 0 Å². The Morgan fingerprint density at radius 2 is 2.31 bits per heavy atom. The Morgan fingerprint density at radius 1 is 1.50 bits per heavy atom. The smallest absolute Gasteiger partial charge is 0.126 e. The Balaban J connectivity index is 1.97. The molecule has 5 nitrogen and oxygen atoms in total. The first-order valence-corrected chi connectivity index (χ1v) is 5.74. The van der Waals surface area contributed by atoms with Crippen molar-refractivity contribution in [3.05, 3.63) is 11.3 Å². The molecule has 2 rings (SSSR count). The first-order valence-electron chi connectivity index (χ1n) is 5.74. The van der Waals surface area contributed by atoms with Crippen LogP contribution in [0.3, 0.4) is 0 Å². The highest BCUT2D eigenvalue weighted by Crippen LogP contribution is 2.23. The minimum atomic E-state index is 0.812. The van der Waals surface area contributed by atoms with Crippen LogP contribution in [0.1, 0.15) is 17.7 Å². The van der Waals surface area contributed by atoms with Crippen LogP contribution in [0.2, 0.25) is 0 Å².